The Bertz CT molecular complexity index is 364. The van der Waals surface area contributed by atoms with Crippen molar-refractivity contribution in [2.45, 2.75) is 19.5 Å². The quantitative estimate of drug-likeness (QED) is 0.588. The maximum Gasteiger partial charge on any atom is 0.319 e. The van der Waals surface area contributed by atoms with Crippen LogP contribution in [-0.4, -0.2) is 18.2 Å². The fourth-order valence-electron chi connectivity index (χ4n) is 1.06. The molecule has 2 atom stereocenters. The summed E-state index contributed by atoms with van der Waals surface area (Å²) >= 11 is 0. The summed E-state index contributed by atoms with van der Waals surface area (Å²) in [6, 6.07) is 8.78. The van der Waals surface area contributed by atoms with E-state index in [0.29, 0.717) is 5.75 Å². The van der Waals surface area contributed by atoms with Crippen molar-refractivity contribution in [2.75, 3.05) is 6.61 Å². The van der Waals surface area contributed by atoms with Gasteiger partial charge in [-0.15, -0.1) is 0 Å². The van der Waals surface area contributed by atoms with Gasteiger partial charge in [0.25, 0.3) is 0 Å². The Balaban J connectivity index is 2.56. The van der Waals surface area contributed by atoms with Crippen LogP contribution in [0.25, 0.3) is 0 Å². The van der Waals surface area contributed by atoms with E-state index in [1.54, 1.807) is 38.1 Å². The topological polar surface area (TPSA) is 52.6 Å². The Hall–Kier alpha value is -1.28. The number of carbonyl (C=O) groups is 1. The first kappa shape index (κ1) is 12.8. The number of benzene rings is 1. The van der Waals surface area contributed by atoms with E-state index >= 15 is 0 Å². The lowest BCUT2D eigenvalue weighted by molar-refractivity contribution is -0.142. The molecule has 0 saturated heterocycles. The lowest BCUT2D eigenvalue weighted by atomic mass is 10.3. The molecule has 4 nitrogen and oxygen atoms in total. The Morgan fingerprint density at radius 1 is 1.38 bits per heavy atom. The third kappa shape index (κ3) is 3.70. The molecule has 1 aromatic rings. The largest absolute Gasteiger partial charge is 0.465 e. The first-order chi connectivity index (χ1) is 7.65. The second-order valence-electron chi connectivity index (χ2n) is 3.21. The molecule has 16 heavy (non-hydrogen) atoms. The molecule has 2 unspecified atom stereocenters. The number of ether oxygens (including phenoxy) is 1. The van der Waals surface area contributed by atoms with Gasteiger partial charge >= 0.3 is 5.97 Å². The van der Waals surface area contributed by atoms with E-state index in [1.807, 2.05) is 6.07 Å². The highest BCUT2D eigenvalue weighted by atomic mass is 31.1. The lowest BCUT2D eigenvalue weighted by Crippen LogP contribution is -2.17. The third-order valence-electron chi connectivity index (χ3n) is 1.96. The van der Waals surface area contributed by atoms with Crippen LogP contribution >= 0.6 is 8.03 Å². The molecule has 1 rings (SSSR count). The SMILES string of the molecule is CCOC(=O)C(C)[PH](=O)Oc1ccccc1. The molecule has 0 heterocycles. The third-order valence-corrected chi connectivity index (χ3v) is 3.34. The lowest BCUT2D eigenvalue weighted by Gasteiger charge is -2.11. The fourth-order valence-corrected chi connectivity index (χ4v) is 1.88. The molecule has 0 aliphatic heterocycles. The molecule has 5 heteroatoms. The molecular formula is C11H15O4P. The summed E-state index contributed by atoms with van der Waals surface area (Å²) in [7, 11) is -2.47. The molecule has 0 saturated carbocycles. The molecule has 0 radical (unpaired) electrons. The first-order valence-corrected chi connectivity index (χ1v) is 6.48. The molecule has 1 aromatic carbocycles. The van der Waals surface area contributed by atoms with Gasteiger partial charge in [-0.2, -0.15) is 0 Å². The predicted octanol–water partition coefficient (Wildman–Crippen LogP) is 2.49. The van der Waals surface area contributed by atoms with Gasteiger partial charge in [-0.1, -0.05) is 18.2 Å². The smallest absolute Gasteiger partial charge is 0.319 e. The van der Waals surface area contributed by atoms with Gasteiger partial charge in [0, 0.05) is 0 Å². The minimum Gasteiger partial charge on any atom is -0.465 e. The zero-order valence-corrected chi connectivity index (χ0v) is 10.3. The van der Waals surface area contributed by atoms with E-state index in [9.17, 15) is 9.36 Å². The van der Waals surface area contributed by atoms with Crippen molar-refractivity contribution in [3.8, 4) is 5.75 Å². The Morgan fingerprint density at radius 3 is 2.56 bits per heavy atom. The van der Waals surface area contributed by atoms with E-state index in [1.165, 1.54) is 0 Å². The number of hydrogen-bond acceptors (Lipinski definition) is 4. The number of rotatable bonds is 5. The van der Waals surface area contributed by atoms with E-state index in [4.69, 9.17) is 9.26 Å². The zero-order valence-electron chi connectivity index (χ0n) is 9.30. The van der Waals surface area contributed by atoms with Crippen LogP contribution in [0.15, 0.2) is 30.3 Å². The van der Waals surface area contributed by atoms with Gasteiger partial charge in [-0.3, -0.25) is 9.36 Å². The number of hydrogen-bond donors (Lipinski definition) is 0. The van der Waals surface area contributed by atoms with Crippen molar-refractivity contribution in [2.24, 2.45) is 0 Å². The van der Waals surface area contributed by atoms with E-state index in [2.05, 4.69) is 0 Å². The number of para-hydroxylation sites is 1. The van der Waals surface area contributed by atoms with Gasteiger partial charge in [0.2, 0.25) is 8.03 Å². The minimum absolute atomic E-state index is 0.281. The average Bonchev–Trinajstić information content (AvgIpc) is 2.29. The number of esters is 1. The van der Waals surface area contributed by atoms with Crippen LogP contribution in [-0.2, 0) is 14.1 Å². The molecule has 0 bridgehead atoms. The second-order valence-corrected chi connectivity index (χ2v) is 4.92. The highest BCUT2D eigenvalue weighted by Gasteiger charge is 2.22. The molecular weight excluding hydrogens is 227 g/mol. The van der Waals surface area contributed by atoms with Gasteiger partial charge in [0.1, 0.15) is 11.4 Å². The van der Waals surface area contributed by atoms with Gasteiger partial charge in [0.05, 0.1) is 6.61 Å². The van der Waals surface area contributed by atoms with Crippen molar-refractivity contribution in [3.63, 3.8) is 0 Å². The van der Waals surface area contributed by atoms with Crippen LogP contribution in [0.1, 0.15) is 13.8 Å². The van der Waals surface area contributed by atoms with Gasteiger partial charge in [-0.05, 0) is 26.0 Å². The van der Waals surface area contributed by atoms with E-state index in [-0.39, 0.29) is 6.61 Å². The van der Waals surface area contributed by atoms with Crippen LogP contribution in [0.4, 0.5) is 0 Å². The Kier molecular flexibility index (Phi) is 5.06. The summed E-state index contributed by atoms with van der Waals surface area (Å²) in [6.07, 6.45) is 0. The van der Waals surface area contributed by atoms with Crippen molar-refractivity contribution in [1.82, 2.24) is 0 Å². The van der Waals surface area contributed by atoms with Gasteiger partial charge in [0.15, 0.2) is 0 Å². The summed E-state index contributed by atoms with van der Waals surface area (Å²) in [6.45, 7) is 3.53. The highest BCUT2D eigenvalue weighted by Crippen LogP contribution is 2.32. The molecule has 0 spiro atoms. The van der Waals surface area contributed by atoms with Crippen LogP contribution in [0.3, 0.4) is 0 Å². The van der Waals surface area contributed by atoms with Crippen molar-refractivity contribution in [1.29, 1.82) is 0 Å². The molecule has 0 aliphatic carbocycles. The molecule has 0 N–H and O–H groups in total. The summed E-state index contributed by atoms with van der Waals surface area (Å²) in [5.41, 5.74) is -0.717. The molecule has 0 aromatic heterocycles. The van der Waals surface area contributed by atoms with Crippen LogP contribution in [0.5, 0.6) is 5.75 Å². The summed E-state index contributed by atoms with van der Waals surface area (Å²) in [5.74, 6) is 0.0184. The average molecular weight is 242 g/mol. The normalized spacial score (nSPS) is 13.9. The molecule has 88 valence electrons. The van der Waals surface area contributed by atoms with Gasteiger partial charge in [-0.25, -0.2) is 0 Å². The van der Waals surface area contributed by atoms with Crippen LogP contribution in [0, 0.1) is 0 Å². The minimum atomic E-state index is -2.47. The standard InChI is InChI=1S/C11H15O4P/c1-3-14-11(12)9(2)16(13)15-10-7-5-4-6-8-10/h4-9,16H,3H2,1-2H3. The molecule has 0 amide bonds. The molecule has 0 aliphatic rings. The van der Waals surface area contributed by atoms with Crippen LogP contribution in [0.2, 0.25) is 0 Å². The van der Waals surface area contributed by atoms with Crippen LogP contribution < -0.4 is 4.52 Å². The maximum atomic E-state index is 11.7. The molecule has 0 fully saturated rings. The van der Waals surface area contributed by atoms with Crippen molar-refractivity contribution < 1.29 is 18.6 Å². The summed E-state index contributed by atoms with van der Waals surface area (Å²) in [5, 5.41) is 0. The summed E-state index contributed by atoms with van der Waals surface area (Å²) < 4.78 is 21.6. The fraction of sp³-hybridized carbons (Fsp3) is 0.364. The van der Waals surface area contributed by atoms with Gasteiger partial charge < -0.3 is 9.26 Å². The predicted molar refractivity (Wildman–Crippen MR) is 62.2 cm³/mol. The Morgan fingerprint density at radius 2 is 2.00 bits per heavy atom. The summed E-state index contributed by atoms with van der Waals surface area (Å²) in [4.78, 5) is 11.3. The van der Waals surface area contributed by atoms with Crippen molar-refractivity contribution in [3.05, 3.63) is 30.3 Å². The highest BCUT2D eigenvalue weighted by molar-refractivity contribution is 7.41. The zero-order chi connectivity index (χ0) is 12.0. The first-order valence-electron chi connectivity index (χ1n) is 5.08. The second kappa shape index (κ2) is 6.33. The number of carbonyl (C=O) groups excluding carboxylic acids is 1. The maximum absolute atomic E-state index is 11.7. The van der Waals surface area contributed by atoms with E-state index in [0.717, 1.165) is 0 Å². The van der Waals surface area contributed by atoms with Crippen molar-refractivity contribution >= 4 is 14.0 Å². The monoisotopic (exact) mass is 242 g/mol. The Labute approximate surface area is 95.4 Å². The van der Waals surface area contributed by atoms with E-state index < -0.39 is 19.7 Å².